The van der Waals surface area contributed by atoms with E-state index in [4.69, 9.17) is 5.11 Å². The second kappa shape index (κ2) is 7.58. The maximum Gasteiger partial charge on any atom is 0.326 e. The first kappa shape index (κ1) is 16.9. The molecule has 0 aromatic heterocycles. The zero-order chi connectivity index (χ0) is 15.9. The molecular formula is C14H17NO5S. The topological polar surface area (TPSA) is 101 Å². The van der Waals surface area contributed by atoms with E-state index in [-0.39, 0.29) is 11.3 Å². The Hall–Kier alpha value is -2.15. The van der Waals surface area contributed by atoms with Gasteiger partial charge in [-0.3, -0.25) is 4.79 Å². The van der Waals surface area contributed by atoms with Crippen LogP contribution in [0.4, 0.5) is 0 Å². The number of hydrogen-bond acceptors (Lipinski definition) is 4. The lowest BCUT2D eigenvalue weighted by atomic mass is 10.2. The lowest BCUT2D eigenvalue weighted by Gasteiger charge is -2.11. The van der Waals surface area contributed by atoms with Crippen LogP contribution in [0.5, 0.6) is 0 Å². The van der Waals surface area contributed by atoms with E-state index in [0.717, 1.165) is 11.5 Å². The molecule has 1 aromatic carbocycles. The summed E-state index contributed by atoms with van der Waals surface area (Å²) in [7, 11) is -3.71. The number of carboxylic acid groups (broad SMARTS) is 1. The highest BCUT2D eigenvalue weighted by Crippen LogP contribution is 2.10. The number of amides is 1. The van der Waals surface area contributed by atoms with Crippen molar-refractivity contribution in [3.63, 3.8) is 0 Å². The fraction of sp³-hybridized carbons (Fsp3) is 0.286. The summed E-state index contributed by atoms with van der Waals surface area (Å²) in [4.78, 5) is 22.5. The second-order valence-corrected chi connectivity index (χ2v) is 6.18. The predicted molar refractivity (Wildman–Crippen MR) is 77.2 cm³/mol. The number of carbonyl (C=O) groups excluding carboxylic acids is 1. The Kier molecular flexibility index (Phi) is 6.10. The van der Waals surface area contributed by atoms with Gasteiger partial charge in [-0.1, -0.05) is 31.5 Å². The van der Waals surface area contributed by atoms with Gasteiger partial charge in [0.1, 0.15) is 6.04 Å². The minimum Gasteiger partial charge on any atom is -0.480 e. The molecule has 0 saturated heterocycles. The highest BCUT2D eigenvalue weighted by atomic mass is 32.2. The first-order chi connectivity index (χ1) is 9.86. The van der Waals surface area contributed by atoms with Gasteiger partial charge in [0.05, 0.1) is 4.90 Å². The minimum absolute atomic E-state index is 0.0670. The lowest BCUT2D eigenvalue weighted by Crippen LogP contribution is -2.39. The Bertz CT molecular complexity index is 622. The molecule has 0 unspecified atom stereocenters. The van der Waals surface area contributed by atoms with Gasteiger partial charge >= 0.3 is 5.97 Å². The molecule has 0 fully saturated rings. The molecule has 2 N–H and O–H groups in total. The number of nitrogens with one attached hydrogen (secondary N) is 1. The quantitative estimate of drug-likeness (QED) is 0.740. The molecule has 0 radical (unpaired) electrons. The zero-order valence-electron chi connectivity index (χ0n) is 11.5. The summed E-state index contributed by atoms with van der Waals surface area (Å²) in [5, 5.41) is 11.9. The molecule has 0 aliphatic heterocycles. The van der Waals surface area contributed by atoms with Crippen LogP contribution in [0, 0.1) is 0 Å². The molecule has 0 bridgehead atoms. The number of carbonyl (C=O) groups is 2. The summed E-state index contributed by atoms with van der Waals surface area (Å²) in [5.74, 6) is -1.90. The van der Waals surface area contributed by atoms with Crippen molar-refractivity contribution in [2.45, 2.75) is 30.7 Å². The SMILES string of the molecule is CCC[C@H](NC(=O)/C=C/S(=O)(=O)c1ccccc1)C(=O)O. The number of carboxylic acids is 1. The lowest BCUT2D eigenvalue weighted by molar-refractivity contribution is -0.141. The second-order valence-electron chi connectivity index (χ2n) is 4.35. The highest BCUT2D eigenvalue weighted by Gasteiger charge is 2.18. The van der Waals surface area contributed by atoms with Crippen LogP contribution in [0.1, 0.15) is 19.8 Å². The van der Waals surface area contributed by atoms with Crippen molar-refractivity contribution >= 4 is 21.7 Å². The third kappa shape index (κ3) is 5.39. The van der Waals surface area contributed by atoms with Crippen LogP contribution in [-0.4, -0.2) is 31.4 Å². The van der Waals surface area contributed by atoms with Gasteiger partial charge in [-0.05, 0) is 18.6 Å². The Balaban J connectivity index is 2.76. The van der Waals surface area contributed by atoms with Crippen molar-refractivity contribution in [3.8, 4) is 0 Å². The molecule has 1 aromatic rings. The fourth-order valence-electron chi connectivity index (χ4n) is 1.61. The van der Waals surface area contributed by atoms with Gasteiger partial charge in [-0.2, -0.15) is 0 Å². The van der Waals surface area contributed by atoms with Crippen LogP contribution in [0.25, 0.3) is 0 Å². The van der Waals surface area contributed by atoms with Crippen molar-refractivity contribution in [2.75, 3.05) is 0 Å². The van der Waals surface area contributed by atoms with Crippen LogP contribution in [0.3, 0.4) is 0 Å². The fourth-order valence-corrected chi connectivity index (χ4v) is 2.60. The van der Waals surface area contributed by atoms with E-state index >= 15 is 0 Å². The molecule has 0 aliphatic rings. The predicted octanol–water partition coefficient (Wildman–Crippen LogP) is 1.34. The molecule has 1 atom stereocenters. The van der Waals surface area contributed by atoms with Crippen molar-refractivity contribution in [2.24, 2.45) is 0 Å². The van der Waals surface area contributed by atoms with Gasteiger partial charge in [-0.15, -0.1) is 0 Å². The van der Waals surface area contributed by atoms with Crippen LogP contribution in [-0.2, 0) is 19.4 Å². The van der Waals surface area contributed by atoms with Crippen molar-refractivity contribution in [1.29, 1.82) is 0 Å². The smallest absolute Gasteiger partial charge is 0.326 e. The number of benzene rings is 1. The number of aliphatic carboxylic acids is 1. The van der Waals surface area contributed by atoms with Crippen LogP contribution in [0.2, 0.25) is 0 Å². The number of hydrogen-bond donors (Lipinski definition) is 2. The van der Waals surface area contributed by atoms with Crippen LogP contribution >= 0.6 is 0 Å². The van der Waals surface area contributed by atoms with E-state index < -0.39 is 27.8 Å². The standard InChI is InChI=1S/C14H17NO5S/c1-2-6-12(14(17)18)15-13(16)9-10-21(19,20)11-7-4-3-5-8-11/h3-5,7-10,12H,2,6H2,1H3,(H,15,16)(H,17,18)/b10-9+/t12-/m0/s1. The average Bonchev–Trinajstić information content (AvgIpc) is 2.45. The van der Waals surface area contributed by atoms with Crippen LogP contribution in [0.15, 0.2) is 46.7 Å². The molecule has 114 valence electrons. The summed E-state index contributed by atoms with van der Waals surface area (Å²) in [6, 6.07) is 6.62. The normalized spacial score (nSPS) is 13.0. The van der Waals surface area contributed by atoms with Crippen molar-refractivity contribution in [3.05, 3.63) is 41.8 Å². The van der Waals surface area contributed by atoms with Gasteiger partial charge in [-0.25, -0.2) is 13.2 Å². The van der Waals surface area contributed by atoms with E-state index in [1.54, 1.807) is 25.1 Å². The molecular weight excluding hydrogens is 294 g/mol. The third-order valence-electron chi connectivity index (χ3n) is 2.66. The van der Waals surface area contributed by atoms with E-state index in [0.29, 0.717) is 6.42 Å². The Morgan fingerprint density at radius 2 is 1.90 bits per heavy atom. The Morgan fingerprint density at radius 1 is 1.29 bits per heavy atom. The number of sulfone groups is 1. The summed E-state index contributed by atoms with van der Waals surface area (Å²) < 4.78 is 23.8. The maximum absolute atomic E-state index is 11.9. The van der Waals surface area contributed by atoms with E-state index in [1.807, 2.05) is 0 Å². The van der Waals surface area contributed by atoms with E-state index in [1.165, 1.54) is 12.1 Å². The molecule has 6 nitrogen and oxygen atoms in total. The van der Waals surface area contributed by atoms with E-state index in [2.05, 4.69) is 5.32 Å². The van der Waals surface area contributed by atoms with Crippen molar-refractivity contribution < 1.29 is 23.1 Å². The largest absolute Gasteiger partial charge is 0.480 e. The molecule has 1 amide bonds. The molecule has 21 heavy (non-hydrogen) atoms. The van der Waals surface area contributed by atoms with E-state index in [9.17, 15) is 18.0 Å². The summed E-state index contributed by atoms with van der Waals surface area (Å²) >= 11 is 0. The maximum atomic E-state index is 11.9. The zero-order valence-corrected chi connectivity index (χ0v) is 12.3. The van der Waals surface area contributed by atoms with Gasteiger partial charge in [0.15, 0.2) is 9.84 Å². The van der Waals surface area contributed by atoms with Crippen LogP contribution < -0.4 is 5.32 Å². The average molecular weight is 311 g/mol. The molecule has 0 spiro atoms. The summed E-state index contributed by atoms with van der Waals surface area (Å²) in [6.45, 7) is 1.79. The highest BCUT2D eigenvalue weighted by molar-refractivity contribution is 7.94. The monoisotopic (exact) mass is 311 g/mol. The van der Waals surface area contributed by atoms with Gasteiger partial charge < -0.3 is 10.4 Å². The van der Waals surface area contributed by atoms with Gasteiger partial charge in [0, 0.05) is 11.5 Å². The third-order valence-corrected chi connectivity index (χ3v) is 4.09. The summed E-state index contributed by atoms with van der Waals surface area (Å²) in [5.41, 5.74) is 0. The van der Waals surface area contributed by atoms with Gasteiger partial charge in [0.25, 0.3) is 0 Å². The number of rotatable bonds is 7. The molecule has 1 rings (SSSR count). The Labute approximate surface area is 123 Å². The molecule has 0 saturated carbocycles. The molecule has 0 heterocycles. The van der Waals surface area contributed by atoms with Gasteiger partial charge in [0.2, 0.25) is 5.91 Å². The summed E-state index contributed by atoms with van der Waals surface area (Å²) in [6.07, 6.45) is 1.69. The molecule has 0 aliphatic carbocycles. The molecule has 7 heteroatoms. The Morgan fingerprint density at radius 3 is 2.43 bits per heavy atom. The van der Waals surface area contributed by atoms with Crippen molar-refractivity contribution in [1.82, 2.24) is 5.32 Å². The first-order valence-corrected chi connectivity index (χ1v) is 7.93. The first-order valence-electron chi connectivity index (χ1n) is 6.38. The minimum atomic E-state index is -3.71.